The van der Waals surface area contributed by atoms with Gasteiger partial charge in [-0.05, 0) is 36.6 Å². The average molecular weight is 415 g/mol. The maximum absolute atomic E-state index is 12.5. The summed E-state index contributed by atoms with van der Waals surface area (Å²) in [5.41, 5.74) is 2.12. The van der Waals surface area contributed by atoms with Gasteiger partial charge >= 0.3 is 0 Å². The van der Waals surface area contributed by atoms with Gasteiger partial charge in [0, 0.05) is 50.2 Å². The number of hydrogen-bond donors (Lipinski definition) is 1. The van der Waals surface area contributed by atoms with Crippen molar-refractivity contribution in [3.63, 3.8) is 0 Å². The fourth-order valence-electron chi connectivity index (χ4n) is 3.29. The molecule has 0 aromatic heterocycles. The Hall–Kier alpha value is -2.42. The van der Waals surface area contributed by atoms with Crippen LogP contribution in [0.3, 0.4) is 0 Å². The number of carbonyl (C=O) groups is 1. The molecule has 2 aromatic carbocycles. The van der Waals surface area contributed by atoms with Crippen LogP contribution in [0.1, 0.15) is 21.5 Å². The molecular formula is C21H26N4O3S. The zero-order valence-electron chi connectivity index (χ0n) is 16.8. The fourth-order valence-corrected chi connectivity index (χ4v) is 3.73. The molecule has 7 nitrogen and oxygen atoms in total. The lowest BCUT2D eigenvalue weighted by Gasteiger charge is -2.32. The third-order valence-electron chi connectivity index (χ3n) is 5.12. The molecule has 1 amide bonds. The predicted molar refractivity (Wildman–Crippen MR) is 115 cm³/mol. The van der Waals surface area contributed by atoms with E-state index in [0.717, 1.165) is 43.2 Å². The molecule has 1 heterocycles. The molecule has 0 unspecified atom stereocenters. The maximum atomic E-state index is 12.5. The van der Waals surface area contributed by atoms with Gasteiger partial charge in [-0.1, -0.05) is 24.3 Å². The van der Waals surface area contributed by atoms with Crippen LogP contribution < -0.4 is 5.32 Å². The van der Waals surface area contributed by atoms with Gasteiger partial charge in [-0.15, -0.1) is 11.8 Å². The molecule has 29 heavy (non-hydrogen) atoms. The van der Waals surface area contributed by atoms with Gasteiger partial charge in [0.2, 0.25) is 0 Å². The average Bonchev–Trinajstić information content (AvgIpc) is 2.74. The molecule has 1 aliphatic rings. The third kappa shape index (κ3) is 5.79. The number of nitrogens with one attached hydrogen (secondary N) is 1. The largest absolute Gasteiger partial charge is 0.348 e. The van der Waals surface area contributed by atoms with E-state index in [9.17, 15) is 14.9 Å². The summed E-state index contributed by atoms with van der Waals surface area (Å²) in [5.74, 6) is -0.436. The summed E-state index contributed by atoms with van der Waals surface area (Å²) in [5, 5.41) is 14.0. The molecule has 0 aliphatic carbocycles. The second kappa shape index (κ2) is 9.87. The van der Waals surface area contributed by atoms with Crippen LogP contribution in [-0.4, -0.2) is 60.1 Å². The first-order chi connectivity index (χ1) is 14.0. The van der Waals surface area contributed by atoms with Gasteiger partial charge in [0.25, 0.3) is 11.6 Å². The molecule has 0 atom stereocenters. The highest BCUT2D eigenvalue weighted by atomic mass is 32.2. The number of likely N-dealkylation sites (N-methyl/N-ethyl adjacent to an activating group) is 1. The van der Waals surface area contributed by atoms with Crippen molar-refractivity contribution in [1.82, 2.24) is 15.1 Å². The van der Waals surface area contributed by atoms with Crippen molar-refractivity contribution in [2.24, 2.45) is 0 Å². The van der Waals surface area contributed by atoms with Gasteiger partial charge in [0.05, 0.1) is 4.92 Å². The Morgan fingerprint density at radius 1 is 1.10 bits per heavy atom. The molecule has 1 aliphatic heterocycles. The first-order valence-electron chi connectivity index (χ1n) is 9.55. The molecule has 3 rings (SSSR count). The highest BCUT2D eigenvalue weighted by molar-refractivity contribution is 7.98. The first-order valence-corrected chi connectivity index (χ1v) is 10.8. The minimum Gasteiger partial charge on any atom is -0.348 e. The number of piperazine rings is 1. The lowest BCUT2D eigenvalue weighted by Crippen LogP contribution is -2.43. The number of nitrogens with zero attached hydrogens (tertiary/aromatic N) is 3. The maximum Gasteiger partial charge on any atom is 0.282 e. The Morgan fingerprint density at radius 3 is 2.38 bits per heavy atom. The monoisotopic (exact) mass is 414 g/mol. The van der Waals surface area contributed by atoms with Gasteiger partial charge in [0.15, 0.2) is 0 Å². The van der Waals surface area contributed by atoms with Crippen LogP contribution in [0.2, 0.25) is 0 Å². The summed E-state index contributed by atoms with van der Waals surface area (Å²) in [4.78, 5) is 28.8. The number of nitro benzene ring substituents is 1. The number of hydrogen-bond acceptors (Lipinski definition) is 6. The highest BCUT2D eigenvalue weighted by Crippen LogP contribution is 2.24. The van der Waals surface area contributed by atoms with Crippen molar-refractivity contribution < 1.29 is 9.72 Å². The van der Waals surface area contributed by atoms with Gasteiger partial charge in [-0.2, -0.15) is 0 Å². The van der Waals surface area contributed by atoms with E-state index >= 15 is 0 Å². The first kappa shape index (κ1) is 21.3. The number of nitro groups is 1. The molecule has 1 saturated heterocycles. The smallest absolute Gasteiger partial charge is 0.282 e. The number of benzene rings is 2. The zero-order chi connectivity index (χ0) is 20.8. The quantitative estimate of drug-likeness (QED) is 0.426. The van der Waals surface area contributed by atoms with E-state index in [1.807, 2.05) is 18.4 Å². The summed E-state index contributed by atoms with van der Waals surface area (Å²) in [7, 11) is 2.15. The molecule has 0 bridgehead atoms. The Morgan fingerprint density at radius 2 is 1.76 bits per heavy atom. The van der Waals surface area contributed by atoms with E-state index in [4.69, 9.17) is 0 Å². The van der Waals surface area contributed by atoms with E-state index in [2.05, 4.69) is 34.3 Å². The van der Waals surface area contributed by atoms with E-state index in [0.29, 0.717) is 6.54 Å². The minimum atomic E-state index is -0.522. The van der Waals surface area contributed by atoms with E-state index in [1.165, 1.54) is 23.4 Å². The van der Waals surface area contributed by atoms with Crippen molar-refractivity contribution in [2.45, 2.75) is 18.0 Å². The molecule has 8 heteroatoms. The molecule has 1 fully saturated rings. The van der Waals surface area contributed by atoms with Crippen LogP contribution in [-0.2, 0) is 13.1 Å². The second-order valence-electron chi connectivity index (χ2n) is 7.22. The van der Waals surface area contributed by atoms with Crippen molar-refractivity contribution in [2.75, 3.05) is 39.5 Å². The lowest BCUT2D eigenvalue weighted by molar-refractivity contribution is -0.385. The minimum absolute atomic E-state index is 0.0912. The summed E-state index contributed by atoms with van der Waals surface area (Å²) in [6.07, 6.45) is 1.87. The highest BCUT2D eigenvalue weighted by Gasteiger charge is 2.20. The Labute approximate surface area is 175 Å². The van der Waals surface area contributed by atoms with Crippen molar-refractivity contribution in [3.8, 4) is 0 Å². The predicted octanol–water partition coefficient (Wildman–Crippen LogP) is 2.99. The number of rotatable bonds is 7. The summed E-state index contributed by atoms with van der Waals surface area (Å²) in [6, 6.07) is 12.8. The van der Waals surface area contributed by atoms with Gasteiger partial charge in [0.1, 0.15) is 5.56 Å². The summed E-state index contributed by atoms with van der Waals surface area (Å²) >= 11 is 1.44. The second-order valence-corrected chi connectivity index (χ2v) is 8.10. The standard InChI is InChI=1S/C21H26N4O3S/c1-23-9-11-24(12-10-23)15-17-5-3-16(4-6-17)14-22-21(26)19-13-18(29-2)7-8-20(19)25(27)28/h3-8,13H,9-12,14-15H2,1-2H3,(H,22,26). The van der Waals surface area contributed by atoms with Crippen LogP contribution in [0.5, 0.6) is 0 Å². The van der Waals surface area contributed by atoms with Crippen LogP contribution in [0.15, 0.2) is 47.4 Å². The Kier molecular flexibility index (Phi) is 7.24. The Bertz CT molecular complexity index is 865. The van der Waals surface area contributed by atoms with E-state index < -0.39 is 10.8 Å². The SMILES string of the molecule is CSc1ccc([N+](=O)[O-])c(C(=O)NCc2ccc(CN3CCN(C)CC3)cc2)c1. The normalized spacial score (nSPS) is 15.2. The molecule has 0 spiro atoms. The molecule has 0 radical (unpaired) electrons. The fraction of sp³-hybridized carbons (Fsp3) is 0.381. The summed E-state index contributed by atoms with van der Waals surface area (Å²) in [6.45, 7) is 5.58. The molecule has 2 aromatic rings. The van der Waals surface area contributed by atoms with Crippen LogP contribution >= 0.6 is 11.8 Å². The van der Waals surface area contributed by atoms with Crippen LogP contribution in [0.25, 0.3) is 0 Å². The van der Waals surface area contributed by atoms with Crippen molar-refractivity contribution in [3.05, 3.63) is 69.3 Å². The van der Waals surface area contributed by atoms with Crippen molar-refractivity contribution in [1.29, 1.82) is 0 Å². The van der Waals surface area contributed by atoms with Crippen molar-refractivity contribution >= 4 is 23.4 Å². The molecule has 1 N–H and O–H groups in total. The van der Waals surface area contributed by atoms with Gasteiger partial charge in [-0.3, -0.25) is 19.8 Å². The number of amides is 1. The van der Waals surface area contributed by atoms with E-state index in [1.54, 1.807) is 12.1 Å². The number of carbonyl (C=O) groups excluding carboxylic acids is 1. The molecule has 154 valence electrons. The zero-order valence-corrected chi connectivity index (χ0v) is 17.6. The molecule has 0 saturated carbocycles. The van der Waals surface area contributed by atoms with Crippen LogP contribution in [0, 0.1) is 10.1 Å². The topological polar surface area (TPSA) is 78.7 Å². The molecular weight excluding hydrogens is 388 g/mol. The Balaban J connectivity index is 1.58. The van der Waals surface area contributed by atoms with Gasteiger partial charge < -0.3 is 10.2 Å². The van der Waals surface area contributed by atoms with E-state index in [-0.39, 0.29) is 11.3 Å². The third-order valence-corrected chi connectivity index (χ3v) is 5.85. The lowest BCUT2D eigenvalue weighted by atomic mass is 10.1. The number of thioether (sulfide) groups is 1. The summed E-state index contributed by atoms with van der Waals surface area (Å²) < 4.78 is 0. The van der Waals surface area contributed by atoms with Gasteiger partial charge in [-0.25, -0.2) is 0 Å². The van der Waals surface area contributed by atoms with Crippen LogP contribution in [0.4, 0.5) is 5.69 Å².